The summed E-state index contributed by atoms with van der Waals surface area (Å²) in [4.78, 5) is 40.8. The predicted octanol–water partition coefficient (Wildman–Crippen LogP) is 4.98. The van der Waals surface area contributed by atoms with Crippen LogP contribution in [0, 0.1) is 0 Å². The van der Waals surface area contributed by atoms with Crippen LogP contribution in [-0.2, 0) is 20.9 Å². The van der Waals surface area contributed by atoms with Gasteiger partial charge in [0.1, 0.15) is 13.2 Å². The van der Waals surface area contributed by atoms with E-state index in [1.165, 1.54) is 7.11 Å². The van der Waals surface area contributed by atoms with E-state index >= 15 is 0 Å². The van der Waals surface area contributed by atoms with Gasteiger partial charge in [-0.05, 0) is 51.9 Å². The normalized spacial score (nSPS) is 16.9. The van der Waals surface area contributed by atoms with Crippen LogP contribution in [0.4, 0.5) is 4.79 Å². The highest BCUT2D eigenvalue weighted by atomic mass is 35.5. The monoisotopic (exact) mass is 552 g/mol. The van der Waals surface area contributed by atoms with Crippen molar-refractivity contribution in [3.8, 4) is 11.5 Å². The Hall–Kier alpha value is -3.53. The number of hydrogen-bond acceptors (Lipinski definition) is 7. The van der Waals surface area contributed by atoms with Crippen molar-refractivity contribution in [2.24, 2.45) is 0 Å². The highest BCUT2D eigenvalue weighted by Crippen LogP contribution is 2.39. The lowest BCUT2D eigenvalue weighted by Crippen LogP contribution is -2.46. The second-order valence-corrected chi connectivity index (χ2v) is 10.1. The lowest BCUT2D eigenvalue weighted by atomic mass is 10.1. The molecular weight excluding hydrogens is 528 g/mol. The summed E-state index contributed by atoms with van der Waals surface area (Å²) in [5.41, 5.74) is 1.57. The van der Waals surface area contributed by atoms with Crippen LogP contribution in [0.15, 0.2) is 59.5 Å². The van der Waals surface area contributed by atoms with Crippen LogP contribution >= 0.6 is 23.4 Å². The number of morpholine rings is 1. The molecule has 0 spiro atoms. The third-order valence-corrected chi connectivity index (χ3v) is 7.52. The molecule has 8 nitrogen and oxygen atoms in total. The van der Waals surface area contributed by atoms with Crippen molar-refractivity contribution in [1.29, 1.82) is 0 Å². The maximum atomic E-state index is 12.9. The maximum absolute atomic E-state index is 12.9. The van der Waals surface area contributed by atoms with Crippen LogP contribution in [-0.4, -0.2) is 66.8 Å². The Morgan fingerprint density at radius 2 is 1.87 bits per heavy atom. The van der Waals surface area contributed by atoms with Gasteiger partial charge in [-0.1, -0.05) is 54.1 Å². The van der Waals surface area contributed by atoms with Gasteiger partial charge in [0, 0.05) is 13.1 Å². The second kappa shape index (κ2) is 11.5. The zero-order valence-electron chi connectivity index (χ0n) is 20.6. The first kappa shape index (κ1) is 26.1. The molecule has 2 aliphatic rings. The number of fused-ring (bicyclic) bond motifs is 1. The van der Waals surface area contributed by atoms with Crippen molar-refractivity contribution in [3.63, 3.8) is 0 Å². The highest BCUT2D eigenvalue weighted by molar-refractivity contribution is 8.18. The standard InChI is InChI=1S/C28H25ClN2O6S/c1-35-23-14-18(13-22(29)26(23)37-17-20-7-4-6-19-5-2-3-8-21(19)20)15-24-27(33)31(28(34)38-24)16-25(32)30-9-11-36-12-10-30/h2-8,13-15H,9-12,16-17H2,1H3/b24-15-. The van der Waals surface area contributed by atoms with Gasteiger partial charge in [-0.25, -0.2) is 0 Å². The van der Waals surface area contributed by atoms with Gasteiger partial charge >= 0.3 is 0 Å². The Labute approximate surface area is 229 Å². The minimum Gasteiger partial charge on any atom is -0.493 e. The van der Waals surface area contributed by atoms with Gasteiger partial charge in [0.2, 0.25) is 5.91 Å². The van der Waals surface area contributed by atoms with Crippen molar-refractivity contribution < 1.29 is 28.6 Å². The van der Waals surface area contributed by atoms with Gasteiger partial charge in [0.25, 0.3) is 11.1 Å². The first-order chi connectivity index (χ1) is 18.4. The van der Waals surface area contributed by atoms with Gasteiger partial charge in [-0.2, -0.15) is 0 Å². The molecule has 0 bridgehead atoms. The largest absolute Gasteiger partial charge is 0.493 e. The van der Waals surface area contributed by atoms with E-state index in [2.05, 4.69) is 0 Å². The Balaban J connectivity index is 1.32. The fourth-order valence-electron chi connectivity index (χ4n) is 4.37. The Bertz CT molecular complexity index is 1430. The average Bonchev–Trinajstić information content (AvgIpc) is 3.19. The van der Waals surface area contributed by atoms with Crippen LogP contribution in [0.25, 0.3) is 16.8 Å². The van der Waals surface area contributed by atoms with E-state index in [-0.39, 0.29) is 24.0 Å². The van der Waals surface area contributed by atoms with E-state index in [0.29, 0.717) is 48.4 Å². The second-order valence-electron chi connectivity index (χ2n) is 8.72. The number of halogens is 1. The Morgan fingerprint density at radius 3 is 2.66 bits per heavy atom. The summed E-state index contributed by atoms with van der Waals surface area (Å²) < 4.78 is 16.9. The summed E-state index contributed by atoms with van der Waals surface area (Å²) in [5.74, 6) is -0.0311. The summed E-state index contributed by atoms with van der Waals surface area (Å²) in [7, 11) is 1.51. The van der Waals surface area contributed by atoms with Crippen LogP contribution in [0.1, 0.15) is 11.1 Å². The van der Waals surface area contributed by atoms with E-state index < -0.39 is 11.1 Å². The summed E-state index contributed by atoms with van der Waals surface area (Å²) in [6.45, 7) is 1.76. The van der Waals surface area contributed by atoms with Gasteiger partial charge in [-0.15, -0.1) is 0 Å². The molecule has 3 amide bonds. The zero-order chi connectivity index (χ0) is 26.6. The number of carbonyl (C=O) groups excluding carboxylic acids is 3. The van der Waals surface area contributed by atoms with E-state index in [9.17, 15) is 14.4 Å². The smallest absolute Gasteiger partial charge is 0.294 e. The molecule has 2 fully saturated rings. The molecule has 3 aromatic carbocycles. The average molecular weight is 553 g/mol. The van der Waals surface area contributed by atoms with E-state index in [4.69, 9.17) is 25.8 Å². The first-order valence-corrected chi connectivity index (χ1v) is 13.2. The lowest BCUT2D eigenvalue weighted by molar-refractivity contribution is -0.139. The minimum absolute atomic E-state index is 0.201. The maximum Gasteiger partial charge on any atom is 0.294 e. The molecule has 0 unspecified atom stereocenters. The minimum atomic E-state index is -0.520. The number of ether oxygens (including phenoxy) is 3. The van der Waals surface area contributed by atoms with E-state index in [1.807, 2.05) is 42.5 Å². The number of hydrogen-bond donors (Lipinski definition) is 0. The third kappa shape index (κ3) is 5.50. The number of rotatable bonds is 7. The fourth-order valence-corrected chi connectivity index (χ4v) is 5.48. The molecule has 0 atom stereocenters. The summed E-state index contributed by atoms with van der Waals surface area (Å²) in [6.07, 6.45) is 1.56. The van der Waals surface area contributed by atoms with Crippen LogP contribution < -0.4 is 9.47 Å². The number of imide groups is 1. The molecule has 0 N–H and O–H groups in total. The molecule has 0 saturated carbocycles. The molecule has 2 heterocycles. The van der Waals surface area contributed by atoms with Crippen molar-refractivity contribution >= 4 is 57.3 Å². The topological polar surface area (TPSA) is 85.4 Å². The first-order valence-electron chi connectivity index (χ1n) is 12.0. The summed E-state index contributed by atoms with van der Waals surface area (Å²) in [5, 5.41) is 2.01. The SMILES string of the molecule is COc1cc(/C=C2\SC(=O)N(CC(=O)N3CCOCC3)C2=O)cc(Cl)c1OCc1cccc2ccccc12. The molecular formula is C28H25ClN2O6S. The van der Waals surface area contributed by atoms with Crippen molar-refractivity contribution in [3.05, 3.63) is 75.7 Å². The van der Waals surface area contributed by atoms with Crippen LogP contribution in [0.2, 0.25) is 5.02 Å². The molecule has 5 rings (SSSR count). The molecule has 3 aromatic rings. The van der Waals surface area contributed by atoms with Gasteiger partial charge < -0.3 is 19.1 Å². The van der Waals surface area contributed by atoms with Crippen LogP contribution in [0.3, 0.4) is 0 Å². The number of amides is 3. The van der Waals surface area contributed by atoms with Crippen molar-refractivity contribution in [2.45, 2.75) is 6.61 Å². The number of carbonyl (C=O) groups is 3. The highest BCUT2D eigenvalue weighted by Gasteiger charge is 2.37. The van der Waals surface area contributed by atoms with Crippen molar-refractivity contribution in [2.75, 3.05) is 40.0 Å². The molecule has 0 radical (unpaired) electrons. The van der Waals surface area contributed by atoms with Gasteiger partial charge in [0.05, 0.1) is 30.3 Å². The zero-order valence-corrected chi connectivity index (χ0v) is 22.2. The number of nitrogens with zero attached hydrogens (tertiary/aromatic N) is 2. The summed E-state index contributed by atoms with van der Waals surface area (Å²) >= 11 is 7.35. The van der Waals surface area contributed by atoms with Crippen molar-refractivity contribution in [1.82, 2.24) is 9.80 Å². The van der Waals surface area contributed by atoms with Crippen LogP contribution in [0.5, 0.6) is 11.5 Å². The van der Waals surface area contributed by atoms with E-state index in [0.717, 1.165) is 33.0 Å². The van der Waals surface area contributed by atoms with Gasteiger partial charge in [0.15, 0.2) is 11.5 Å². The molecule has 0 aromatic heterocycles. The lowest BCUT2D eigenvalue weighted by Gasteiger charge is -2.28. The molecule has 38 heavy (non-hydrogen) atoms. The molecule has 2 aliphatic heterocycles. The molecule has 10 heteroatoms. The number of methoxy groups -OCH3 is 1. The van der Waals surface area contributed by atoms with E-state index in [1.54, 1.807) is 23.1 Å². The Kier molecular flexibility index (Phi) is 7.87. The number of thioether (sulfide) groups is 1. The molecule has 0 aliphatic carbocycles. The predicted molar refractivity (Wildman–Crippen MR) is 146 cm³/mol. The van der Waals surface area contributed by atoms with Gasteiger partial charge in [-0.3, -0.25) is 19.3 Å². The molecule has 2 saturated heterocycles. The Morgan fingerprint density at radius 1 is 1.11 bits per heavy atom. The third-order valence-electron chi connectivity index (χ3n) is 6.33. The number of benzene rings is 3. The molecule has 196 valence electrons. The fraction of sp³-hybridized carbons (Fsp3) is 0.250. The quantitative estimate of drug-likeness (QED) is 0.382. The summed E-state index contributed by atoms with van der Waals surface area (Å²) in [6, 6.07) is 17.4.